The largest absolute Gasteiger partial charge is 0.355 e. The Bertz CT molecular complexity index is 588. The van der Waals surface area contributed by atoms with Crippen molar-refractivity contribution in [2.24, 2.45) is 7.05 Å². The van der Waals surface area contributed by atoms with Crippen molar-refractivity contribution < 1.29 is 4.79 Å². The lowest BCUT2D eigenvalue weighted by atomic mass is 10.1. The van der Waals surface area contributed by atoms with Crippen LogP contribution >= 0.6 is 0 Å². The quantitative estimate of drug-likeness (QED) is 0.793. The van der Waals surface area contributed by atoms with Gasteiger partial charge in [-0.05, 0) is 17.5 Å². The first kappa shape index (κ1) is 11.3. The van der Waals surface area contributed by atoms with Gasteiger partial charge in [0.15, 0.2) is 0 Å². The summed E-state index contributed by atoms with van der Waals surface area (Å²) < 4.78 is 2.17. The van der Waals surface area contributed by atoms with Crippen LogP contribution in [0.3, 0.4) is 0 Å². The fourth-order valence-electron chi connectivity index (χ4n) is 2.63. The molecule has 0 bridgehead atoms. The van der Waals surface area contributed by atoms with Crippen LogP contribution < -0.4 is 10.6 Å². The van der Waals surface area contributed by atoms with E-state index in [1.807, 2.05) is 12.1 Å². The monoisotopic (exact) mass is 243 g/mol. The first-order chi connectivity index (χ1) is 8.75. The molecule has 1 fully saturated rings. The summed E-state index contributed by atoms with van der Waals surface area (Å²) in [5.74, 6) is 0.121. The summed E-state index contributed by atoms with van der Waals surface area (Å²) in [6, 6.07) is 10.6. The van der Waals surface area contributed by atoms with Crippen molar-refractivity contribution in [3.63, 3.8) is 0 Å². The summed E-state index contributed by atoms with van der Waals surface area (Å²) in [4.78, 5) is 11.6. The van der Waals surface area contributed by atoms with Gasteiger partial charge in [0.25, 0.3) is 0 Å². The van der Waals surface area contributed by atoms with Crippen LogP contribution in [0.15, 0.2) is 30.3 Å². The zero-order valence-electron chi connectivity index (χ0n) is 10.4. The van der Waals surface area contributed by atoms with Gasteiger partial charge >= 0.3 is 0 Å². The fraction of sp³-hybridized carbons (Fsp3) is 0.357. The minimum Gasteiger partial charge on any atom is -0.355 e. The highest BCUT2D eigenvalue weighted by Crippen LogP contribution is 2.25. The van der Waals surface area contributed by atoms with Crippen molar-refractivity contribution in [1.29, 1.82) is 0 Å². The normalized spacial score (nSPS) is 20.7. The van der Waals surface area contributed by atoms with Gasteiger partial charge in [-0.1, -0.05) is 18.2 Å². The second-order valence-corrected chi connectivity index (χ2v) is 4.75. The third kappa shape index (κ3) is 1.88. The van der Waals surface area contributed by atoms with E-state index >= 15 is 0 Å². The number of nitrogens with zero attached hydrogens (tertiary/aromatic N) is 1. The summed E-state index contributed by atoms with van der Waals surface area (Å²) in [5, 5.41) is 7.54. The Morgan fingerprint density at radius 3 is 2.94 bits per heavy atom. The minimum atomic E-state index is 0.102. The number of nitrogens with one attached hydrogen (secondary N) is 2. The van der Waals surface area contributed by atoms with Crippen LogP contribution in [0.4, 0.5) is 0 Å². The number of benzene rings is 1. The molecule has 0 spiro atoms. The zero-order valence-corrected chi connectivity index (χ0v) is 10.4. The molecule has 2 aromatic rings. The molecule has 1 amide bonds. The number of fused-ring (bicyclic) bond motifs is 1. The summed E-state index contributed by atoms with van der Waals surface area (Å²) in [6.45, 7) is 1.53. The summed E-state index contributed by atoms with van der Waals surface area (Å²) in [5.41, 5.74) is 2.38. The van der Waals surface area contributed by atoms with Crippen molar-refractivity contribution in [2.45, 2.75) is 12.5 Å². The topological polar surface area (TPSA) is 46.1 Å². The average molecular weight is 243 g/mol. The standard InChI is InChI=1S/C14H17N3O/c1-17-12-5-3-2-4-10(12)8-13(17)11-9-14(18)16-7-6-15-11/h2-5,8,11,15H,6-7,9H2,1H3,(H,16,18). The van der Waals surface area contributed by atoms with E-state index in [9.17, 15) is 4.79 Å². The van der Waals surface area contributed by atoms with Crippen molar-refractivity contribution in [3.05, 3.63) is 36.0 Å². The molecule has 0 aliphatic carbocycles. The van der Waals surface area contributed by atoms with Gasteiger partial charge in [-0.3, -0.25) is 4.79 Å². The predicted octanol–water partition coefficient (Wildman–Crippen LogP) is 1.33. The van der Waals surface area contributed by atoms with Gasteiger partial charge in [0.2, 0.25) is 5.91 Å². The number of hydrogen-bond acceptors (Lipinski definition) is 2. The summed E-state index contributed by atoms with van der Waals surface area (Å²) in [7, 11) is 2.06. The first-order valence-electron chi connectivity index (χ1n) is 6.30. The number of carbonyl (C=O) groups excluding carboxylic acids is 1. The Balaban J connectivity index is 2.02. The van der Waals surface area contributed by atoms with Crippen LogP contribution in [0, 0.1) is 0 Å². The Morgan fingerprint density at radius 2 is 2.11 bits per heavy atom. The lowest BCUT2D eigenvalue weighted by Crippen LogP contribution is -2.25. The molecule has 1 atom stereocenters. The third-order valence-electron chi connectivity index (χ3n) is 3.57. The highest BCUT2D eigenvalue weighted by Gasteiger charge is 2.21. The van der Waals surface area contributed by atoms with Crippen molar-refractivity contribution in [3.8, 4) is 0 Å². The van der Waals surface area contributed by atoms with Gasteiger partial charge in [-0.2, -0.15) is 0 Å². The van der Waals surface area contributed by atoms with Crippen LogP contribution in [0.1, 0.15) is 18.2 Å². The number of aromatic nitrogens is 1. The van der Waals surface area contributed by atoms with Crippen molar-refractivity contribution in [2.75, 3.05) is 13.1 Å². The molecular weight excluding hydrogens is 226 g/mol. The van der Waals surface area contributed by atoms with E-state index in [-0.39, 0.29) is 11.9 Å². The van der Waals surface area contributed by atoms with E-state index in [1.165, 1.54) is 16.6 Å². The molecule has 1 saturated heterocycles. The lowest BCUT2D eigenvalue weighted by Gasteiger charge is -2.15. The number of carbonyl (C=O) groups is 1. The van der Waals surface area contributed by atoms with Crippen LogP contribution in [0.25, 0.3) is 10.9 Å². The molecule has 0 radical (unpaired) electrons. The number of para-hydroxylation sites is 1. The van der Waals surface area contributed by atoms with Gasteiger partial charge < -0.3 is 15.2 Å². The van der Waals surface area contributed by atoms with E-state index in [1.54, 1.807) is 0 Å². The summed E-state index contributed by atoms with van der Waals surface area (Å²) in [6.07, 6.45) is 0.504. The molecule has 3 rings (SSSR count). The Kier molecular flexibility index (Phi) is 2.80. The first-order valence-corrected chi connectivity index (χ1v) is 6.30. The number of rotatable bonds is 1. The van der Waals surface area contributed by atoms with Gasteiger partial charge in [-0.15, -0.1) is 0 Å². The van der Waals surface area contributed by atoms with Gasteiger partial charge in [0.1, 0.15) is 0 Å². The van der Waals surface area contributed by atoms with Crippen LogP contribution in [0.5, 0.6) is 0 Å². The van der Waals surface area contributed by atoms with Crippen LogP contribution in [-0.4, -0.2) is 23.6 Å². The molecule has 1 unspecified atom stereocenters. The van der Waals surface area contributed by atoms with Crippen molar-refractivity contribution >= 4 is 16.8 Å². The molecular formula is C14H17N3O. The molecule has 1 aliphatic heterocycles. The molecule has 4 heteroatoms. The van der Waals surface area contributed by atoms with E-state index in [0.29, 0.717) is 13.0 Å². The average Bonchev–Trinajstić information content (AvgIpc) is 2.56. The molecule has 0 saturated carbocycles. The molecule has 18 heavy (non-hydrogen) atoms. The fourth-order valence-corrected chi connectivity index (χ4v) is 2.63. The van der Waals surface area contributed by atoms with Crippen molar-refractivity contribution in [1.82, 2.24) is 15.2 Å². The third-order valence-corrected chi connectivity index (χ3v) is 3.57. The number of aryl methyl sites for hydroxylation is 1. The second kappa shape index (κ2) is 4.46. The SMILES string of the molecule is Cn1c(C2CC(=O)NCCN2)cc2ccccc21. The van der Waals surface area contributed by atoms with Gasteiger partial charge in [0, 0.05) is 37.8 Å². The van der Waals surface area contributed by atoms with Crippen LogP contribution in [0.2, 0.25) is 0 Å². The molecule has 2 N–H and O–H groups in total. The zero-order chi connectivity index (χ0) is 12.5. The molecule has 1 aromatic carbocycles. The highest BCUT2D eigenvalue weighted by molar-refractivity contribution is 5.82. The Morgan fingerprint density at radius 1 is 1.28 bits per heavy atom. The van der Waals surface area contributed by atoms with E-state index < -0.39 is 0 Å². The lowest BCUT2D eigenvalue weighted by molar-refractivity contribution is -0.121. The van der Waals surface area contributed by atoms with E-state index in [0.717, 1.165) is 6.54 Å². The number of amides is 1. The number of hydrogen-bond donors (Lipinski definition) is 2. The highest BCUT2D eigenvalue weighted by atomic mass is 16.1. The summed E-state index contributed by atoms with van der Waals surface area (Å²) >= 11 is 0. The predicted molar refractivity (Wildman–Crippen MR) is 71.3 cm³/mol. The maximum Gasteiger partial charge on any atom is 0.222 e. The Labute approximate surface area is 106 Å². The van der Waals surface area contributed by atoms with E-state index in [4.69, 9.17) is 0 Å². The maximum absolute atomic E-state index is 11.6. The minimum absolute atomic E-state index is 0.102. The van der Waals surface area contributed by atoms with Crippen LogP contribution in [-0.2, 0) is 11.8 Å². The maximum atomic E-state index is 11.6. The van der Waals surface area contributed by atoms with E-state index in [2.05, 4.69) is 40.4 Å². The smallest absolute Gasteiger partial charge is 0.222 e. The second-order valence-electron chi connectivity index (χ2n) is 4.75. The molecule has 94 valence electrons. The molecule has 2 heterocycles. The molecule has 4 nitrogen and oxygen atoms in total. The van der Waals surface area contributed by atoms with Gasteiger partial charge in [-0.25, -0.2) is 0 Å². The Hall–Kier alpha value is -1.81. The molecule has 1 aliphatic rings. The van der Waals surface area contributed by atoms with Gasteiger partial charge in [0.05, 0.1) is 6.04 Å². The molecule has 1 aromatic heterocycles.